The van der Waals surface area contributed by atoms with Gasteiger partial charge in [0.05, 0.1) is 5.60 Å². The fourth-order valence-corrected chi connectivity index (χ4v) is 1.40. The quantitative estimate of drug-likeness (QED) is 0.541. The van der Waals surface area contributed by atoms with Crippen molar-refractivity contribution in [1.29, 1.82) is 0 Å². The van der Waals surface area contributed by atoms with Crippen molar-refractivity contribution in [3.05, 3.63) is 11.0 Å². The van der Waals surface area contributed by atoms with E-state index in [2.05, 4.69) is 0 Å². The summed E-state index contributed by atoms with van der Waals surface area (Å²) in [5, 5.41) is 9.58. The van der Waals surface area contributed by atoms with E-state index in [0.717, 1.165) is 6.29 Å². The number of aliphatic hydroxyl groups is 1. The molecule has 3 heteroatoms. The van der Waals surface area contributed by atoms with Crippen LogP contribution in [0.15, 0.2) is 11.0 Å². The molecule has 0 fully saturated rings. The maximum atomic E-state index is 10.4. The van der Waals surface area contributed by atoms with Crippen LogP contribution in [-0.2, 0) is 4.79 Å². The van der Waals surface area contributed by atoms with Gasteiger partial charge in [0.1, 0.15) is 0 Å². The third-order valence-electron chi connectivity index (χ3n) is 1.71. The van der Waals surface area contributed by atoms with Crippen LogP contribution in [0.1, 0.15) is 27.7 Å². The molecule has 0 spiro atoms. The minimum atomic E-state index is -0.748. The van der Waals surface area contributed by atoms with Crippen LogP contribution in [0, 0.1) is 0 Å². The van der Waals surface area contributed by atoms with Crippen molar-refractivity contribution >= 4 is 18.0 Å². The van der Waals surface area contributed by atoms with Gasteiger partial charge in [-0.2, -0.15) is 0 Å². The zero-order chi connectivity index (χ0) is 9.78. The van der Waals surface area contributed by atoms with Crippen molar-refractivity contribution in [2.75, 3.05) is 0 Å². The summed E-state index contributed by atoms with van der Waals surface area (Å²) in [7, 11) is 0. The Kier molecular flexibility index (Phi) is 4.57. The maximum absolute atomic E-state index is 10.4. The number of hydrogen-bond acceptors (Lipinski definition) is 3. The van der Waals surface area contributed by atoms with Crippen molar-refractivity contribution < 1.29 is 9.90 Å². The van der Waals surface area contributed by atoms with E-state index in [4.69, 9.17) is 0 Å². The number of thioether (sulfide) groups is 1. The largest absolute Gasteiger partial charge is 0.389 e. The topological polar surface area (TPSA) is 37.3 Å². The van der Waals surface area contributed by atoms with Crippen LogP contribution in [-0.4, -0.2) is 22.2 Å². The minimum absolute atomic E-state index is 0.0221. The molecule has 0 heterocycles. The van der Waals surface area contributed by atoms with E-state index in [0.29, 0.717) is 4.91 Å². The fourth-order valence-electron chi connectivity index (χ4n) is 0.512. The molecule has 0 aromatic carbocycles. The average molecular weight is 188 g/mol. The monoisotopic (exact) mass is 188 g/mol. The van der Waals surface area contributed by atoms with Crippen LogP contribution >= 0.6 is 11.8 Å². The highest BCUT2D eigenvalue weighted by molar-refractivity contribution is 8.04. The lowest BCUT2D eigenvalue weighted by Gasteiger charge is -2.24. The molecule has 0 amide bonds. The number of rotatable bonds is 4. The molecule has 0 rings (SSSR count). The molecular weight excluding hydrogens is 172 g/mol. The minimum Gasteiger partial charge on any atom is -0.389 e. The molecule has 2 nitrogen and oxygen atoms in total. The summed E-state index contributed by atoms with van der Waals surface area (Å²) in [6.07, 6.45) is 2.56. The first kappa shape index (κ1) is 11.7. The lowest BCUT2D eigenvalue weighted by molar-refractivity contribution is -0.104. The number of aldehydes is 1. The Labute approximate surface area is 78.0 Å². The van der Waals surface area contributed by atoms with E-state index in [9.17, 15) is 9.90 Å². The molecule has 0 aliphatic carbocycles. The molecule has 0 radical (unpaired) electrons. The smallest absolute Gasteiger partial charge is 0.156 e. The normalized spacial score (nSPS) is 15.9. The first-order valence-corrected chi connectivity index (χ1v) is 4.80. The number of allylic oxidation sites excluding steroid dienone is 2. The van der Waals surface area contributed by atoms with Gasteiger partial charge in [-0.25, -0.2) is 0 Å². The van der Waals surface area contributed by atoms with Gasteiger partial charge >= 0.3 is 0 Å². The molecule has 0 saturated carbocycles. The number of carbonyl (C=O) groups excluding carboxylic acids is 1. The molecule has 0 aromatic heterocycles. The molecular formula is C9H16O2S. The third-order valence-corrected chi connectivity index (χ3v) is 3.24. The van der Waals surface area contributed by atoms with Crippen LogP contribution in [0.5, 0.6) is 0 Å². The van der Waals surface area contributed by atoms with Gasteiger partial charge in [-0.05, 0) is 20.8 Å². The maximum Gasteiger partial charge on any atom is 0.156 e. The van der Waals surface area contributed by atoms with Gasteiger partial charge in [-0.3, -0.25) is 4.79 Å². The second-order valence-electron chi connectivity index (χ2n) is 3.22. The van der Waals surface area contributed by atoms with E-state index in [1.54, 1.807) is 19.9 Å². The first-order valence-electron chi connectivity index (χ1n) is 3.92. The molecule has 0 saturated heterocycles. The van der Waals surface area contributed by atoms with Crippen molar-refractivity contribution in [2.45, 2.75) is 38.5 Å². The summed E-state index contributed by atoms with van der Waals surface area (Å²) >= 11 is 1.39. The molecule has 1 N–H and O–H groups in total. The summed E-state index contributed by atoms with van der Waals surface area (Å²) in [6, 6.07) is 0. The molecule has 70 valence electrons. The third kappa shape index (κ3) is 3.93. The predicted octanol–water partition coefficient (Wildman–Crippen LogP) is 1.98. The molecule has 1 unspecified atom stereocenters. The Morgan fingerprint density at radius 3 is 2.33 bits per heavy atom. The molecule has 0 aliphatic rings. The highest BCUT2D eigenvalue weighted by atomic mass is 32.2. The average Bonchev–Trinajstić information content (AvgIpc) is 1.97. The van der Waals surface area contributed by atoms with Crippen molar-refractivity contribution in [2.24, 2.45) is 0 Å². The molecule has 0 aliphatic heterocycles. The fraction of sp³-hybridized carbons (Fsp3) is 0.667. The summed E-state index contributed by atoms with van der Waals surface area (Å²) in [6.45, 7) is 7.19. The van der Waals surface area contributed by atoms with Gasteiger partial charge < -0.3 is 5.11 Å². The Hall–Kier alpha value is -0.280. The Bertz CT molecular complexity index is 179. The highest BCUT2D eigenvalue weighted by Crippen LogP contribution is 2.27. The van der Waals surface area contributed by atoms with Crippen molar-refractivity contribution in [3.63, 3.8) is 0 Å². The van der Waals surface area contributed by atoms with Crippen LogP contribution in [0.4, 0.5) is 0 Å². The van der Waals surface area contributed by atoms with Crippen LogP contribution < -0.4 is 0 Å². The van der Waals surface area contributed by atoms with Gasteiger partial charge in [0.15, 0.2) is 6.29 Å². The summed E-state index contributed by atoms with van der Waals surface area (Å²) in [5.41, 5.74) is -0.748. The molecule has 0 bridgehead atoms. The first-order chi connectivity index (χ1) is 5.41. The predicted molar refractivity (Wildman–Crippen MR) is 53.2 cm³/mol. The molecule has 1 atom stereocenters. The Balaban J connectivity index is 4.18. The van der Waals surface area contributed by atoms with Gasteiger partial charge in [0.2, 0.25) is 0 Å². The Morgan fingerprint density at radius 1 is 1.58 bits per heavy atom. The van der Waals surface area contributed by atoms with Gasteiger partial charge in [0, 0.05) is 10.2 Å². The zero-order valence-electron chi connectivity index (χ0n) is 8.00. The summed E-state index contributed by atoms with van der Waals surface area (Å²) < 4.78 is 0. The standard InChI is InChI=1S/C9H16O2S/c1-5-8(6-10)12-7(2)9(3,4)11/h5-7,11H,1-4H3/b8-5-. The van der Waals surface area contributed by atoms with E-state index in [1.807, 2.05) is 13.8 Å². The SMILES string of the molecule is C/C=C(/C=O)SC(C)C(C)(C)O. The van der Waals surface area contributed by atoms with Crippen LogP contribution in [0.3, 0.4) is 0 Å². The lowest BCUT2D eigenvalue weighted by atomic mass is 10.1. The van der Waals surface area contributed by atoms with Gasteiger partial charge in [0.25, 0.3) is 0 Å². The molecule has 0 aromatic rings. The van der Waals surface area contributed by atoms with Crippen molar-refractivity contribution in [3.8, 4) is 0 Å². The van der Waals surface area contributed by atoms with Gasteiger partial charge in [-0.15, -0.1) is 11.8 Å². The summed E-state index contributed by atoms with van der Waals surface area (Å²) in [5.74, 6) is 0. The van der Waals surface area contributed by atoms with Gasteiger partial charge in [-0.1, -0.05) is 13.0 Å². The summed E-state index contributed by atoms with van der Waals surface area (Å²) in [4.78, 5) is 11.1. The van der Waals surface area contributed by atoms with E-state index in [-0.39, 0.29) is 5.25 Å². The van der Waals surface area contributed by atoms with E-state index >= 15 is 0 Å². The van der Waals surface area contributed by atoms with Crippen molar-refractivity contribution in [1.82, 2.24) is 0 Å². The van der Waals surface area contributed by atoms with E-state index in [1.165, 1.54) is 11.8 Å². The van der Waals surface area contributed by atoms with Crippen LogP contribution in [0.2, 0.25) is 0 Å². The zero-order valence-corrected chi connectivity index (χ0v) is 8.81. The number of hydrogen-bond donors (Lipinski definition) is 1. The van der Waals surface area contributed by atoms with E-state index < -0.39 is 5.60 Å². The number of carbonyl (C=O) groups is 1. The lowest BCUT2D eigenvalue weighted by Crippen LogP contribution is -2.30. The second-order valence-corrected chi connectivity index (χ2v) is 4.64. The highest BCUT2D eigenvalue weighted by Gasteiger charge is 2.23. The second kappa shape index (κ2) is 4.67. The molecule has 12 heavy (non-hydrogen) atoms. The van der Waals surface area contributed by atoms with Crippen LogP contribution in [0.25, 0.3) is 0 Å². The Morgan fingerprint density at radius 2 is 2.08 bits per heavy atom.